The highest BCUT2D eigenvalue weighted by Gasteiger charge is 2.19. The topological polar surface area (TPSA) is 78.9 Å². The van der Waals surface area contributed by atoms with Gasteiger partial charge in [-0.1, -0.05) is 260 Å². The van der Waals surface area contributed by atoms with Crippen LogP contribution in [0, 0.1) is 17.8 Å². The molecule has 362 valence electrons. The van der Waals surface area contributed by atoms with E-state index in [4.69, 9.17) is 14.2 Å². The van der Waals surface area contributed by atoms with Crippen molar-refractivity contribution in [3.63, 3.8) is 0 Å². The fraction of sp³-hybridized carbons (Fsp3) is 0.945. The minimum Gasteiger partial charge on any atom is -0.462 e. The smallest absolute Gasteiger partial charge is 0.306 e. The van der Waals surface area contributed by atoms with E-state index in [1.807, 2.05) is 0 Å². The van der Waals surface area contributed by atoms with Crippen molar-refractivity contribution < 1.29 is 28.6 Å². The van der Waals surface area contributed by atoms with Crippen LogP contribution in [0.3, 0.4) is 0 Å². The van der Waals surface area contributed by atoms with Gasteiger partial charge in [0.1, 0.15) is 13.2 Å². The molecule has 2 unspecified atom stereocenters. The minimum absolute atomic E-state index is 0.0651. The zero-order valence-corrected chi connectivity index (χ0v) is 42.0. The van der Waals surface area contributed by atoms with Gasteiger partial charge in [0.25, 0.3) is 0 Å². The molecule has 0 saturated heterocycles. The van der Waals surface area contributed by atoms with Gasteiger partial charge in [0.2, 0.25) is 0 Å². The van der Waals surface area contributed by atoms with E-state index in [9.17, 15) is 14.4 Å². The third kappa shape index (κ3) is 46.2. The molecular weight excluding hydrogens is 757 g/mol. The number of hydrogen-bond donors (Lipinski definition) is 0. The van der Waals surface area contributed by atoms with E-state index < -0.39 is 6.10 Å². The van der Waals surface area contributed by atoms with Gasteiger partial charge in [-0.2, -0.15) is 0 Å². The fourth-order valence-corrected chi connectivity index (χ4v) is 8.23. The monoisotopic (exact) mass is 863 g/mol. The molecule has 0 aromatic carbocycles. The lowest BCUT2D eigenvalue weighted by atomic mass is 9.99. The Kier molecular flexibility index (Phi) is 45.2. The molecule has 0 aromatic rings. The summed E-state index contributed by atoms with van der Waals surface area (Å²) in [5.74, 6) is 1.68. The molecule has 6 nitrogen and oxygen atoms in total. The fourth-order valence-electron chi connectivity index (χ4n) is 8.23. The average Bonchev–Trinajstić information content (AvgIpc) is 3.24. The lowest BCUT2D eigenvalue weighted by Gasteiger charge is -2.18. The van der Waals surface area contributed by atoms with Crippen LogP contribution in [0.25, 0.3) is 0 Å². The van der Waals surface area contributed by atoms with Crippen molar-refractivity contribution in [2.45, 2.75) is 304 Å². The first-order chi connectivity index (χ1) is 29.7. The third-order valence-electron chi connectivity index (χ3n) is 13.1. The first kappa shape index (κ1) is 59.4. The standard InChI is InChI=1S/C55H106O6/c1-7-50(5)42-36-30-24-20-17-18-21-25-32-38-44-53(56)59-47-52(48-60-54(57)45-39-33-28-27-31-37-43-51(6)8-2)61-55(58)46-40-34-26-22-16-14-12-10-9-11-13-15-19-23-29-35-41-49(3)4/h49-52H,7-48H2,1-6H3/t50?,51?,52-/m0/s1. The maximum atomic E-state index is 12.8. The van der Waals surface area contributed by atoms with Crippen LogP contribution in [0.2, 0.25) is 0 Å². The summed E-state index contributed by atoms with van der Waals surface area (Å²) in [5, 5.41) is 0. The number of esters is 3. The van der Waals surface area contributed by atoms with Crippen molar-refractivity contribution in [2.24, 2.45) is 17.8 Å². The van der Waals surface area contributed by atoms with Crippen LogP contribution in [-0.4, -0.2) is 37.2 Å². The normalized spacial score (nSPS) is 13.0. The van der Waals surface area contributed by atoms with Crippen LogP contribution >= 0.6 is 0 Å². The highest BCUT2D eigenvalue weighted by Crippen LogP contribution is 2.19. The Morgan fingerprint density at radius 2 is 0.574 bits per heavy atom. The Bertz CT molecular complexity index is 949. The van der Waals surface area contributed by atoms with Crippen LogP contribution in [-0.2, 0) is 28.6 Å². The van der Waals surface area contributed by atoms with Gasteiger partial charge >= 0.3 is 17.9 Å². The van der Waals surface area contributed by atoms with Gasteiger partial charge in [-0.3, -0.25) is 14.4 Å². The summed E-state index contributed by atoms with van der Waals surface area (Å²) < 4.78 is 16.8. The van der Waals surface area contributed by atoms with Gasteiger partial charge in [0, 0.05) is 19.3 Å². The molecule has 0 heterocycles. The largest absolute Gasteiger partial charge is 0.462 e. The Morgan fingerprint density at radius 3 is 0.852 bits per heavy atom. The molecule has 6 heteroatoms. The number of carbonyl (C=O) groups is 3. The first-order valence-corrected chi connectivity index (χ1v) is 27.2. The number of carbonyl (C=O) groups excluding carboxylic acids is 3. The molecule has 0 aromatic heterocycles. The molecule has 0 fully saturated rings. The molecule has 0 aliphatic carbocycles. The molecule has 0 spiro atoms. The molecular formula is C55H106O6. The van der Waals surface area contributed by atoms with Crippen molar-refractivity contribution in [1.29, 1.82) is 0 Å². The van der Waals surface area contributed by atoms with E-state index in [2.05, 4.69) is 41.5 Å². The molecule has 3 atom stereocenters. The predicted molar refractivity (Wildman–Crippen MR) is 261 cm³/mol. The van der Waals surface area contributed by atoms with Crippen LogP contribution in [0.1, 0.15) is 298 Å². The van der Waals surface area contributed by atoms with Crippen LogP contribution in [0.15, 0.2) is 0 Å². The maximum Gasteiger partial charge on any atom is 0.306 e. The second kappa shape index (κ2) is 46.4. The number of hydrogen-bond acceptors (Lipinski definition) is 6. The molecule has 0 aliphatic rings. The molecule has 0 amide bonds. The quantitative estimate of drug-likeness (QED) is 0.0344. The van der Waals surface area contributed by atoms with Gasteiger partial charge in [-0.25, -0.2) is 0 Å². The van der Waals surface area contributed by atoms with E-state index in [-0.39, 0.29) is 31.1 Å². The lowest BCUT2D eigenvalue weighted by molar-refractivity contribution is -0.167. The molecule has 0 rings (SSSR count). The van der Waals surface area contributed by atoms with Gasteiger partial charge in [-0.15, -0.1) is 0 Å². The van der Waals surface area contributed by atoms with Crippen LogP contribution in [0.5, 0.6) is 0 Å². The summed E-state index contributed by atoms with van der Waals surface area (Å²) in [6, 6.07) is 0. The predicted octanol–water partition coefficient (Wildman–Crippen LogP) is 17.6. The van der Waals surface area contributed by atoms with Gasteiger partial charge in [0.05, 0.1) is 0 Å². The molecule has 0 radical (unpaired) electrons. The second-order valence-electron chi connectivity index (χ2n) is 19.8. The number of unbranched alkanes of at least 4 members (excludes halogenated alkanes) is 29. The Morgan fingerprint density at radius 1 is 0.328 bits per heavy atom. The van der Waals surface area contributed by atoms with Gasteiger partial charge in [0.15, 0.2) is 6.10 Å². The maximum absolute atomic E-state index is 12.8. The second-order valence-corrected chi connectivity index (χ2v) is 19.8. The van der Waals surface area contributed by atoms with Gasteiger partial charge < -0.3 is 14.2 Å². The number of rotatable bonds is 48. The van der Waals surface area contributed by atoms with Crippen molar-refractivity contribution in [1.82, 2.24) is 0 Å². The van der Waals surface area contributed by atoms with E-state index in [0.29, 0.717) is 19.3 Å². The SMILES string of the molecule is CCC(C)CCCCCCCCCCCCC(=O)OC[C@@H](COC(=O)CCCCCCCCC(C)CC)OC(=O)CCCCCCCCCCCCCCCCCCC(C)C. The Balaban J connectivity index is 4.28. The molecule has 0 aliphatic heterocycles. The zero-order valence-electron chi connectivity index (χ0n) is 42.0. The minimum atomic E-state index is -0.763. The summed E-state index contributed by atoms with van der Waals surface area (Å²) in [6.45, 7) is 13.7. The molecule has 0 bridgehead atoms. The zero-order chi connectivity index (χ0) is 44.9. The summed E-state index contributed by atoms with van der Waals surface area (Å²) in [7, 11) is 0. The van der Waals surface area contributed by atoms with E-state index >= 15 is 0 Å². The highest BCUT2D eigenvalue weighted by atomic mass is 16.6. The van der Waals surface area contributed by atoms with Crippen LogP contribution in [0.4, 0.5) is 0 Å². The Hall–Kier alpha value is -1.59. The number of ether oxygens (including phenoxy) is 3. The summed E-state index contributed by atoms with van der Waals surface area (Å²) in [6.07, 6.45) is 46.6. The van der Waals surface area contributed by atoms with E-state index in [1.165, 1.54) is 180 Å². The van der Waals surface area contributed by atoms with Crippen molar-refractivity contribution >= 4 is 17.9 Å². The Labute approximate surface area is 380 Å². The summed E-state index contributed by atoms with van der Waals surface area (Å²) in [5.41, 5.74) is 0. The molecule has 61 heavy (non-hydrogen) atoms. The average molecular weight is 863 g/mol. The van der Waals surface area contributed by atoms with Crippen LogP contribution < -0.4 is 0 Å². The van der Waals surface area contributed by atoms with E-state index in [0.717, 1.165) is 75.5 Å². The summed E-state index contributed by atoms with van der Waals surface area (Å²) in [4.78, 5) is 38.0. The molecule has 0 saturated carbocycles. The van der Waals surface area contributed by atoms with Crippen molar-refractivity contribution in [3.8, 4) is 0 Å². The highest BCUT2D eigenvalue weighted by molar-refractivity contribution is 5.71. The third-order valence-corrected chi connectivity index (χ3v) is 13.1. The lowest BCUT2D eigenvalue weighted by Crippen LogP contribution is -2.30. The van der Waals surface area contributed by atoms with E-state index in [1.54, 1.807) is 0 Å². The summed E-state index contributed by atoms with van der Waals surface area (Å²) >= 11 is 0. The van der Waals surface area contributed by atoms with Gasteiger partial charge in [-0.05, 0) is 37.0 Å². The molecule has 0 N–H and O–H groups in total. The first-order valence-electron chi connectivity index (χ1n) is 27.2. The van der Waals surface area contributed by atoms with Crippen molar-refractivity contribution in [2.75, 3.05) is 13.2 Å². The van der Waals surface area contributed by atoms with Crippen molar-refractivity contribution in [3.05, 3.63) is 0 Å².